The number of morpholine rings is 1. The summed E-state index contributed by atoms with van der Waals surface area (Å²) in [5.41, 5.74) is 5.58. The molecule has 0 amide bonds. The molecule has 3 aromatic heterocycles. The molecule has 1 saturated heterocycles. The fourth-order valence-electron chi connectivity index (χ4n) is 4.45. The SMILES string of the molecule is C=C/C=C\C=C(/CCC)c1oc2c(N3CCOCC3)nc(-n3ccc(-c4ccccc4)n3)nc2c1C. The van der Waals surface area contributed by atoms with Crippen LogP contribution in [-0.4, -0.2) is 46.1 Å². The molecule has 1 aromatic carbocycles. The summed E-state index contributed by atoms with van der Waals surface area (Å²) >= 11 is 0. The highest BCUT2D eigenvalue weighted by Gasteiger charge is 2.25. The summed E-state index contributed by atoms with van der Waals surface area (Å²) in [4.78, 5) is 12.1. The Morgan fingerprint density at radius 1 is 1.08 bits per heavy atom. The molecule has 1 fully saturated rings. The standard InChI is InChI=1S/C29H31N5O2/c1-4-6-8-14-23(11-5-2)26-21(3)25-27(36-26)28(33-17-19-35-20-18-33)31-29(30-25)34-16-15-24(32-34)22-12-9-7-10-13-22/h4,6-10,12-16H,1,5,11,17-20H2,2-3H3/b8-6-,23-14+. The Hall–Kier alpha value is -3.97. The van der Waals surface area contributed by atoms with Crippen molar-refractivity contribution in [2.24, 2.45) is 0 Å². The second kappa shape index (κ2) is 10.7. The first kappa shape index (κ1) is 23.8. The largest absolute Gasteiger partial charge is 0.451 e. The van der Waals surface area contributed by atoms with E-state index in [-0.39, 0.29) is 0 Å². The van der Waals surface area contributed by atoms with Crippen LogP contribution in [0.5, 0.6) is 0 Å². The van der Waals surface area contributed by atoms with Crippen LogP contribution in [0.2, 0.25) is 0 Å². The molecule has 0 unspecified atom stereocenters. The predicted molar refractivity (Wildman–Crippen MR) is 144 cm³/mol. The summed E-state index contributed by atoms with van der Waals surface area (Å²) in [7, 11) is 0. The Kier molecular flexibility index (Phi) is 7.09. The maximum atomic E-state index is 6.53. The quantitative estimate of drug-likeness (QED) is 0.281. The lowest BCUT2D eigenvalue weighted by molar-refractivity contribution is 0.122. The van der Waals surface area contributed by atoms with Crippen LogP contribution in [0.15, 0.2) is 77.9 Å². The maximum absolute atomic E-state index is 6.53. The van der Waals surface area contributed by atoms with Gasteiger partial charge in [0.1, 0.15) is 11.3 Å². The highest BCUT2D eigenvalue weighted by atomic mass is 16.5. The van der Waals surface area contributed by atoms with E-state index in [2.05, 4.69) is 31.4 Å². The van der Waals surface area contributed by atoms with E-state index in [9.17, 15) is 0 Å². The van der Waals surface area contributed by atoms with Gasteiger partial charge in [-0.25, -0.2) is 9.67 Å². The predicted octanol–water partition coefficient (Wildman–Crippen LogP) is 6.15. The third kappa shape index (κ3) is 4.75. The second-order valence-electron chi connectivity index (χ2n) is 8.75. The molecule has 36 heavy (non-hydrogen) atoms. The van der Waals surface area contributed by atoms with Gasteiger partial charge in [-0.2, -0.15) is 10.1 Å². The second-order valence-corrected chi connectivity index (χ2v) is 8.75. The summed E-state index contributed by atoms with van der Waals surface area (Å²) in [6, 6.07) is 12.1. The molecule has 0 radical (unpaired) electrons. The summed E-state index contributed by atoms with van der Waals surface area (Å²) in [6.45, 7) is 10.8. The number of furan rings is 1. The Labute approximate surface area is 211 Å². The van der Waals surface area contributed by atoms with E-state index in [4.69, 9.17) is 24.2 Å². The minimum absolute atomic E-state index is 0.522. The molecule has 7 heteroatoms. The van der Waals surface area contributed by atoms with E-state index < -0.39 is 0 Å². The molecule has 0 N–H and O–H groups in total. The number of hydrogen-bond acceptors (Lipinski definition) is 6. The van der Waals surface area contributed by atoms with E-state index in [0.717, 1.165) is 65.4 Å². The zero-order valence-electron chi connectivity index (χ0n) is 20.9. The third-order valence-electron chi connectivity index (χ3n) is 6.27. The Morgan fingerprint density at radius 2 is 1.89 bits per heavy atom. The molecule has 0 spiro atoms. The average Bonchev–Trinajstić information content (AvgIpc) is 3.54. The molecule has 0 atom stereocenters. The molecule has 4 aromatic rings. The summed E-state index contributed by atoms with van der Waals surface area (Å²) < 4.78 is 13.9. The van der Waals surface area contributed by atoms with Crippen LogP contribution < -0.4 is 4.90 Å². The van der Waals surface area contributed by atoms with Crippen molar-refractivity contribution in [1.82, 2.24) is 19.7 Å². The van der Waals surface area contributed by atoms with E-state index in [1.165, 1.54) is 0 Å². The topological polar surface area (TPSA) is 69.2 Å². The van der Waals surface area contributed by atoms with Gasteiger partial charge in [0, 0.05) is 30.4 Å². The maximum Gasteiger partial charge on any atom is 0.253 e. The van der Waals surface area contributed by atoms with Gasteiger partial charge in [-0.3, -0.25) is 0 Å². The number of nitrogens with zero attached hydrogens (tertiary/aromatic N) is 5. The Bertz CT molecular complexity index is 1410. The summed E-state index contributed by atoms with van der Waals surface area (Å²) in [5, 5.41) is 4.78. The van der Waals surface area contributed by atoms with Crippen molar-refractivity contribution in [3.05, 3.63) is 84.8 Å². The van der Waals surface area contributed by atoms with E-state index in [1.807, 2.05) is 54.7 Å². The zero-order chi connectivity index (χ0) is 24.9. The van der Waals surface area contributed by atoms with Crippen LogP contribution in [-0.2, 0) is 4.74 Å². The van der Waals surface area contributed by atoms with Crippen LogP contribution in [0.1, 0.15) is 31.1 Å². The fourth-order valence-corrected chi connectivity index (χ4v) is 4.45. The molecule has 1 aliphatic heterocycles. The molecule has 7 nitrogen and oxygen atoms in total. The van der Waals surface area contributed by atoms with E-state index in [0.29, 0.717) is 24.7 Å². The number of rotatable bonds is 8. The summed E-state index contributed by atoms with van der Waals surface area (Å²) in [5.74, 6) is 2.16. The monoisotopic (exact) mass is 481 g/mol. The molecule has 0 bridgehead atoms. The van der Waals surface area contributed by atoms with Crippen molar-refractivity contribution in [1.29, 1.82) is 0 Å². The zero-order valence-corrected chi connectivity index (χ0v) is 20.9. The number of aryl methyl sites for hydroxylation is 1. The van der Waals surface area contributed by atoms with Gasteiger partial charge in [0.2, 0.25) is 0 Å². The van der Waals surface area contributed by atoms with Crippen LogP contribution >= 0.6 is 0 Å². The first-order chi connectivity index (χ1) is 17.7. The van der Waals surface area contributed by atoms with Crippen molar-refractivity contribution in [2.45, 2.75) is 26.7 Å². The van der Waals surface area contributed by atoms with Gasteiger partial charge in [-0.15, -0.1) is 0 Å². The number of anilines is 1. The number of allylic oxidation sites excluding steroid dienone is 5. The first-order valence-electron chi connectivity index (χ1n) is 12.4. The third-order valence-corrected chi connectivity index (χ3v) is 6.27. The van der Waals surface area contributed by atoms with Crippen molar-refractivity contribution in [3.8, 4) is 17.2 Å². The highest BCUT2D eigenvalue weighted by molar-refractivity contribution is 5.91. The molecular formula is C29H31N5O2. The van der Waals surface area contributed by atoms with Gasteiger partial charge in [-0.05, 0) is 25.0 Å². The molecule has 1 aliphatic rings. The molecule has 5 rings (SSSR count). The number of hydrogen-bond donors (Lipinski definition) is 0. The molecular weight excluding hydrogens is 450 g/mol. The minimum atomic E-state index is 0.522. The molecule has 184 valence electrons. The Balaban J connectivity index is 1.65. The minimum Gasteiger partial charge on any atom is -0.451 e. The number of fused-ring (bicyclic) bond motifs is 1. The van der Waals surface area contributed by atoms with Crippen molar-refractivity contribution < 1.29 is 9.15 Å². The van der Waals surface area contributed by atoms with Gasteiger partial charge < -0.3 is 14.1 Å². The van der Waals surface area contributed by atoms with Crippen molar-refractivity contribution >= 4 is 22.5 Å². The number of aromatic nitrogens is 4. The molecule has 0 aliphatic carbocycles. The molecule has 4 heterocycles. The van der Waals surface area contributed by atoms with Crippen LogP contribution in [0.4, 0.5) is 5.82 Å². The van der Waals surface area contributed by atoms with Crippen LogP contribution in [0.3, 0.4) is 0 Å². The molecule has 0 saturated carbocycles. The van der Waals surface area contributed by atoms with E-state index >= 15 is 0 Å². The normalized spacial score (nSPS) is 14.7. The van der Waals surface area contributed by atoms with Crippen molar-refractivity contribution in [3.63, 3.8) is 0 Å². The fraction of sp³-hybridized carbons (Fsp3) is 0.276. The number of benzene rings is 1. The van der Waals surface area contributed by atoms with Gasteiger partial charge in [0.25, 0.3) is 5.95 Å². The van der Waals surface area contributed by atoms with Crippen LogP contribution in [0.25, 0.3) is 33.9 Å². The van der Waals surface area contributed by atoms with Gasteiger partial charge >= 0.3 is 0 Å². The lowest BCUT2D eigenvalue weighted by atomic mass is 10.0. The summed E-state index contributed by atoms with van der Waals surface area (Å²) in [6.07, 6.45) is 11.6. The Morgan fingerprint density at radius 3 is 2.64 bits per heavy atom. The van der Waals surface area contributed by atoms with Gasteiger partial charge in [-0.1, -0.05) is 74.6 Å². The lowest BCUT2D eigenvalue weighted by Crippen LogP contribution is -2.37. The van der Waals surface area contributed by atoms with Crippen molar-refractivity contribution in [2.75, 3.05) is 31.2 Å². The van der Waals surface area contributed by atoms with E-state index in [1.54, 1.807) is 10.8 Å². The lowest BCUT2D eigenvalue weighted by Gasteiger charge is -2.27. The van der Waals surface area contributed by atoms with Crippen LogP contribution in [0, 0.1) is 6.92 Å². The van der Waals surface area contributed by atoms with Gasteiger partial charge in [0.15, 0.2) is 11.4 Å². The average molecular weight is 482 g/mol. The number of ether oxygens (including phenoxy) is 1. The highest BCUT2D eigenvalue weighted by Crippen LogP contribution is 2.36. The smallest absolute Gasteiger partial charge is 0.253 e. The van der Waals surface area contributed by atoms with Gasteiger partial charge in [0.05, 0.1) is 18.9 Å². The first-order valence-corrected chi connectivity index (χ1v) is 12.4.